The highest BCUT2D eigenvalue weighted by molar-refractivity contribution is 5.70. The van der Waals surface area contributed by atoms with Crippen molar-refractivity contribution in [1.29, 1.82) is 0 Å². The Bertz CT molecular complexity index is 218. The van der Waals surface area contributed by atoms with Gasteiger partial charge in [-0.1, -0.05) is 26.2 Å². The zero-order valence-corrected chi connectivity index (χ0v) is 10.3. The summed E-state index contributed by atoms with van der Waals surface area (Å²) in [5.74, 6) is 0.370. The zero-order chi connectivity index (χ0) is 12.0. The van der Waals surface area contributed by atoms with E-state index in [0.717, 1.165) is 31.6 Å². The summed E-state index contributed by atoms with van der Waals surface area (Å²) in [4.78, 5) is 11.3. The maximum absolute atomic E-state index is 11.3. The molecule has 3 atom stereocenters. The fourth-order valence-electron chi connectivity index (χ4n) is 2.97. The number of hydrogen-bond donors (Lipinski definition) is 2. The van der Waals surface area contributed by atoms with Gasteiger partial charge in [0.15, 0.2) is 0 Å². The largest absolute Gasteiger partial charge is 0.481 e. The summed E-state index contributed by atoms with van der Waals surface area (Å²) in [6.45, 7) is 2.82. The molecule has 94 valence electrons. The Kier molecular flexibility index (Phi) is 5.81. The van der Waals surface area contributed by atoms with Crippen molar-refractivity contribution >= 4 is 5.97 Å². The third kappa shape index (κ3) is 3.78. The lowest BCUT2D eigenvalue weighted by molar-refractivity contribution is -0.144. The number of nitrogens with two attached hydrogens (primary N) is 1. The topological polar surface area (TPSA) is 63.3 Å². The van der Waals surface area contributed by atoms with Crippen LogP contribution in [-0.4, -0.2) is 17.6 Å². The van der Waals surface area contributed by atoms with Crippen LogP contribution >= 0.6 is 0 Å². The summed E-state index contributed by atoms with van der Waals surface area (Å²) in [5, 5.41) is 9.27. The van der Waals surface area contributed by atoms with E-state index in [-0.39, 0.29) is 5.92 Å². The number of carboxylic acids is 1. The molecule has 0 bridgehead atoms. The van der Waals surface area contributed by atoms with E-state index in [9.17, 15) is 9.90 Å². The van der Waals surface area contributed by atoms with Gasteiger partial charge in [-0.05, 0) is 44.1 Å². The normalized spacial score (nSPS) is 27.6. The fraction of sp³-hybridized carbons (Fsp3) is 0.923. The van der Waals surface area contributed by atoms with Crippen molar-refractivity contribution in [3.05, 3.63) is 0 Å². The minimum absolute atomic E-state index is 0.155. The van der Waals surface area contributed by atoms with Crippen LogP contribution in [-0.2, 0) is 4.79 Å². The molecule has 1 saturated carbocycles. The zero-order valence-electron chi connectivity index (χ0n) is 10.3. The van der Waals surface area contributed by atoms with Crippen LogP contribution in [0.1, 0.15) is 51.9 Å². The van der Waals surface area contributed by atoms with Gasteiger partial charge in [0.25, 0.3) is 0 Å². The molecular weight excluding hydrogens is 202 g/mol. The average Bonchev–Trinajstić information content (AvgIpc) is 2.29. The van der Waals surface area contributed by atoms with Crippen LogP contribution in [0.3, 0.4) is 0 Å². The number of carboxylic acid groups (broad SMARTS) is 1. The van der Waals surface area contributed by atoms with Crippen molar-refractivity contribution < 1.29 is 9.90 Å². The Hall–Kier alpha value is -0.570. The number of carbonyl (C=O) groups is 1. The quantitative estimate of drug-likeness (QED) is 0.733. The lowest BCUT2D eigenvalue weighted by atomic mass is 9.73. The average molecular weight is 227 g/mol. The van der Waals surface area contributed by atoms with Gasteiger partial charge in [-0.2, -0.15) is 0 Å². The first-order valence-corrected chi connectivity index (χ1v) is 6.61. The first kappa shape index (κ1) is 13.5. The van der Waals surface area contributed by atoms with Crippen molar-refractivity contribution in [2.24, 2.45) is 23.5 Å². The second kappa shape index (κ2) is 6.89. The van der Waals surface area contributed by atoms with Crippen molar-refractivity contribution in [3.8, 4) is 0 Å². The number of hydrogen-bond acceptors (Lipinski definition) is 2. The van der Waals surface area contributed by atoms with Crippen LogP contribution in [0.25, 0.3) is 0 Å². The molecular formula is C13H25NO2. The maximum atomic E-state index is 11.3. The molecule has 0 aromatic carbocycles. The van der Waals surface area contributed by atoms with Crippen LogP contribution in [0.5, 0.6) is 0 Å². The Balaban J connectivity index is 2.52. The molecule has 0 aromatic heterocycles. The molecule has 0 saturated heterocycles. The van der Waals surface area contributed by atoms with Gasteiger partial charge < -0.3 is 10.8 Å². The molecule has 1 aliphatic carbocycles. The highest BCUT2D eigenvalue weighted by Gasteiger charge is 2.31. The Labute approximate surface area is 98.4 Å². The van der Waals surface area contributed by atoms with Gasteiger partial charge in [-0.15, -0.1) is 0 Å². The maximum Gasteiger partial charge on any atom is 0.306 e. The summed E-state index contributed by atoms with van der Waals surface area (Å²) in [6.07, 6.45) is 7.48. The highest BCUT2D eigenvalue weighted by Crippen LogP contribution is 2.37. The predicted molar refractivity (Wildman–Crippen MR) is 65.2 cm³/mol. The van der Waals surface area contributed by atoms with Crippen LogP contribution < -0.4 is 5.73 Å². The summed E-state index contributed by atoms with van der Waals surface area (Å²) in [7, 11) is 0. The van der Waals surface area contributed by atoms with E-state index >= 15 is 0 Å². The van der Waals surface area contributed by atoms with Gasteiger partial charge in [0.05, 0.1) is 5.92 Å². The SMILES string of the molecule is CCC1CCCC(C(CCCN)C(=O)O)C1. The summed E-state index contributed by atoms with van der Waals surface area (Å²) in [5.41, 5.74) is 5.47. The van der Waals surface area contributed by atoms with E-state index in [1.165, 1.54) is 19.3 Å². The van der Waals surface area contributed by atoms with E-state index < -0.39 is 5.97 Å². The van der Waals surface area contributed by atoms with Crippen molar-refractivity contribution in [3.63, 3.8) is 0 Å². The van der Waals surface area contributed by atoms with Crippen molar-refractivity contribution in [2.75, 3.05) is 6.54 Å². The van der Waals surface area contributed by atoms with E-state index in [0.29, 0.717) is 12.5 Å². The molecule has 3 heteroatoms. The monoisotopic (exact) mass is 227 g/mol. The van der Waals surface area contributed by atoms with Crippen molar-refractivity contribution in [1.82, 2.24) is 0 Å². The Morgan fingerprint density at radius 2 is 2.25 bits per heavy atom. The molecule has 0 radical (unpaired) electrons. The van der Waals surface area contributed by atoms with Crippen LogP contribution in [0.15, 0.2) is 0 Å². The molecule has 0 aliphatic heterocycles. The molecule has 0 amide bonds. The number of aliphatic carboxylic acids is 1. The summed E-state index contributed by atoms with van der Waals surface area (Å²) < 4.78 is 0. The third-order valence-corrected chi connectivity index (χ3v) is 4.01. The predicted octanol–water partition coefficient (Wildman–Crippen LogP) is 2.64. The second-order valence-corrected chi connectivity index (χ2v) is 5.08. The van der Waals surface area contributed by atoms with Gasteiger partial charge >= 0.3 is 5.97 Å². The summed E-state index contributed by atoms with van der Waals surface area (Å²) >= 11 is 0. The first-order valence-electron chi connectivity index (χ1n) is 6.61. The molecule has 3 unspecified atom stereocenters. The van der Waals surface area contributed by atoms with Gasteiger partial charge in [0, 0.05) is 0 Å². The molecule has 0 heterocycles. The molecule has 0 spiro atoms. The van der Waals surface area contributed by atoms with E-state index in [1.54, 1.807) is 0 Å². The lowest BCUT2D eigenvalue weighted by Gasteiger charge is -2.32. The standard InChI is InChI=1S/C13H25NO2/c1-2-10-5-3-6-11(9-10)12(13(15)16)7-4-8-14/h10-12H,2-9,14H2,1H3,(H,15,16). The summed E-state index contributed by atoms with van der Waals surface area (Å²) in [6, 6.07) is 0. The van der Waals surface area contributed by atoms with Gasteiger partial charge in [0.2, 0.25) is 0 Å². The minimum Gasteiger partial charge on any atom is -0.481 e. The second-order valence-electron chi connectivity index (χ2n) is 5.08. The highest BCUT2D eigenvalue weighted by atomic mass is 16.4. The Morgan fingerprint density at radius 3 is 2.81 bits per heavy atom. The smallest absolute Gasteiger partial charge is 0.306 e. The van der Waals surface area contributed by atoms with Crippen LogP contribution in [0, 0.1) is 17.8 Å². The molecule has 1 rings (SSSR count). The van der Waals surface area contributed by atoms with E-state index in [2.05, 4.69) is 6.92 Å². The molecule has 3 N–H and O–H groups in total. The van der Waals surface area contributed by atoms with Crippen molar-refractivity contribution in [2.45, 2.75) is 51.9 Å². The lowest BCUT2D eigenvalue weighted by Crippen LogP contribution is -2.29. The van der Waals surface area contributed by atoms with Crippen LogP contribution in [0.4, 0.5) is 0 Å². The van der Waals surface area contributed by atoms with Crippen LogP contribution in [0.2, 0.25) is 0 Å². The fourth-order valence-corrected chi connectivity index (χ4v) is 2.97. The minimum atomic E-state index is -0.616. The molecule has 0 aromatic rings. The number of rotatable bonds is 6. The molecule has 16 heavy (non-hydrogen) atoms. The molecule has 3 nitrogen and oxygen atoms in total. The van der Waals surface area contributed by atoms with Gasteiger partial charge in [0.1, 0.15) is 0 Å². The van der Waals surface area contributed by atoms with E-state index in [1.807, 2.05) is 0 Å². The van der Waals surface area contributed by atoms with Gasteiger partial charge in [-0.3, -0.25) is 4.79 Å². The third-order valence-electron chi connectivity index (χ3n) is 4.01. The van der Waals surface area contributed by atoms with E-state index in [4.69, 9.17) is 5.73 Å². The Morgan fingerprint density at radius 1 is 1.50 bits per heavy atom. The molecule has 1 fully saturated rings. The molecule has 1 aliphatic rings. The van der Waals surface area contributed by atoms with Gasteiger partial charge in [-0.25, -0.2) is 0 Å². The first-order chi connectivity index (χ1) is 7.69.